The van der Waals surface area contributed by atoms with Crippen molar-refractivity contribution in [3.8, 4) is 0 Å². The fourth-order valence-corrected chi connectivity index (χ4v) is 3.81. The molecule has 0 bridgehead atoms. The van der Waals surface area contributed by atoms with E-state index in [9.17, 15) is 4.79 Å². The Kier molecular flexibility index (Phi) is 5.19. The zero-order valence-electron chi connectivity index (χ0n) is 14.7. The minimum atomic E-state index is 0.0436. The van der Waals surface area contributed by atoms with Crippen molar-refractivity contribution in [2.24, 2.45) is 0 Å². The predicted octanol–water partition coefficient (Wildman–Crippen LogP) is 4.14. The van der Waals surface area contributed by atoms with Crippen LogP contribution in [0.25, 0.3) is 0 Å². The number of hydrogen-bond acceptors (Lipinski definition) is 4. The van der Waals surface area contributed by atoms with Gasteiger partial charge in [0.15, 0.2) is 0 Å². The molecular weight excluding hydrogens is 318 g/mol. The third-order valence-corrected chi connectivity index (χ3v) is 5.59. The maximum absolute atomic E-state index is 12.6. The van der Waals surface area contributed by atoms with Crippen molar-refractivity contribution >= 4 is 22.9 Å². The van der Waals surface area contributed by atoms with Gasteiger partial charge in [0.2, 0.25) is 0 Å². The van der Waals surface area contributed by atoms with Gasteiger partial charge in [0.1, 0.15) is 0 Å². The number of nitrogens with zero attached hydrogens (tertiary/aromatic N) is 3. The van der Waals surface area contributed by atoms with Crippen molar-refractivity contribution in [2.45, 2.75) is 39.2 Å². The van der Waals surface area contributed by atoms with Gasteiger partial charge in [-0.15, -0.1) is 11.3 Å². The molecule has 1 aliphatic rings. The summed E-state index contributed by atoms with van der Waals surface area (Å²) in [5.41, 5.74) is 2.92. The Hall–Kier alpha value is -1.88. The van der Waals surface area contributed by atoms with E-state index in [0.29, 0.717) is 12.5 Å². The molecule has 4 nitrogen and oxygen atoms in total. The maximum atomic E-state index is 12.6. The molecule has 1 aromatic carbocycles. The molecule has 0 unspecified atom stereocenters. The molecule has 0 radical (unpaired) electrons. The van der Waals surface area contributed by atoms with Crippen LogP contribution in [-0.4, -0.2) is 35.9 Å². The van der Waals surface area contributed by atoms with Crippen molar-refractivity contribution in [2.75, 3.05) is 25.0 Å². The van der Waals surface area contributed by atoms with E-state index in [4.69, 9.17) is 0 Å². The smallest absolute Gasteiger partial charge is 0.253 e. The van der Waals surface area contributed by atoms with Crippen molar-refractivity contribution in [1.29, 1.82) is 0 Å². The molecule has 0 aliphatic carbocycles. The zero-order valence-corrected chi connectivity index (χ0v) is 15.5. The second-order valence-electron chi connectivity index (χ2n) is 6.73. The van der Waals surface area contributed by atoms with E-state index < -0.39 is 0 Å². The monoisotopic (exact) mass is 343 g/mol. The average molecular weight is 343 g/mol. The SMILES string of the molecule is CC(C)c1nc(CN(C)C(=O)c2ccc(N3CCCC3)cc2)cs1. The Morgan fingerprint density at radius 2 is 1.92 bits per heavy atom. The van der Waals surface area contributed by atoms with Gasteiger partial charge in [-0.25, -0.2) is 4.98 Å². The van der Waals surface area contributed by atoms with E-state index in [1.165, 1.54) is 18.5 Å². The molecule has 2 heterocycles. The molecule has 0 saturated carbocycles. The standard InChI is InChI=1S/C19H25N3OS/c1-14(2)18-20-16(13-24-18)12-21(3)19(23)15-6-8-17(9-7-15)22-10-4-5-11-22/h6-9,13-14H,4-5,10-12H2,1-3H3. The van der Waals surface area contributed by atoms with Crippen molar-refractivity contribution in [1.82, 2.24) is 9.88 Å². The summed E-state index contributed by atoms with van der Waals surface area (Å²) in [4.78, 5) is 21.3. The number of aromatic nitrogens is 1. The number of thiazole rings is 1. The Morgan fingerprint density at radius 1 is 1.25 bits per heavy atom. The molecule has 1 saturated heterocycles. The number of carbonyl (C=O) groups is 1. The topological polar surface area (TPSA) is 36.4 Å². The van der Waals surface area contributed by atoms with Crippen LogP contribution < -0.4 is 4.90 Å². The molecule has 128 valence electrons. The number of carbonyl (C=O) groups excluding carboxylic acids is 1. The average Bonchev–Trinajstić information content (AvgIpc) is 3.26. The van der Waals surface area contributed by atoms with E-state index in [1.54, 1.807) is 16.2 Å². The zero-order chi connectivity index (χ0) is 17.1. The molecule has 0 spiro atoms. The first-order chi connectivity index (χ1) is 11.5. The lowest BCUT2D eigenvalue weighted by Gasteiger charge is -2.19. The highest BCUT2D eigenvalue weighted by Gasteiger charge is 2.16. The highest BCUT2D eigenvalue weighted by atomic mass is 32.1. The summed E-state index contributed by atoms with van der Waals surface area (Å²) >= 11 is 1.67. The third kappa shape index (κ3) is 3.78. The summed E-state index contributed by atoms with van der Waals surface area (Å²) in [5.74, 6) is 0.477. The first-order valence-electron chi connectivity index (χ1n) is 8.59. The molecule has 3 rings (SSSR count). The molecule has 5 heteroatoms. The van der Waals surface area contributed by atoms with Crippen LogP contribution in [-0.2, 0) is 6.54 Å². The highest BCUT2D eigenvalue weighted by Crippen LogP contribution is 2.22. The molecular formula is C19H25N3OS. The minimum Gasteiger partial charge on any atom is -0.372 e. The minimum absolute atomic E-state index is 0.0436. The molecule has 0 atom stereocenters. The molecule has 0 N–H and O–H groups in total. The van der Waals surface area contributed by atoms with Crippen LogP contribution >= 0.6 is 11.3 Å². The summed E-state index contributed by atoms with van der Waals surface area (Å²) in [6.07, 6.45) is 2.52. The fourth-order valence-electron chi connectivity index (χ4n) is 2.99. The van der Waals surface area contributed by atoms with Crippen molar-refractivity contribution in [3.63, 3.8) is 0 Å². The molecule has 24 heavy (non-hydrogen) atoms. The van der Waals surface area contributed by atoms with Crippen LogP contribution in [0.4, 0.5) is 5.69 Å². The van der Waals surface area contributed by atoms with Crippen LogP contribution in [0.15, 0.2) is 29.6 Å². The van der Waals surface area contributed by atoms with E-state index >= 15 is 0 Å². The van der Waals surface area contributed by atoms with Crippen LogP contribution in [0.2, 0.25) is 0 Å². The molecule has 2 aromatic rings. The van der Waals surface area contributed by atoms with E-state index in [1.807, 2.05) is 19.2 Å². The molecule has 1 amide bonds. The lowest BCUT2D eigenvalue weighted by molar-refractivity contribution is 0.0783. The first-order valence-corrected chi connectivity index (χ1v) is 9.47. The number of benzene rings is 1. The van der Waals surface area contributed by atoms with Crippen LogP contribution in [0.3, 0.4) is 0 Å². The van der Waals surface area contributed by atoms with E-state index in [0.717, 1.165) is 29.4 Å². The number of anilines is 1. The molecule has 1 aliphatic heterocycles. The Balaban J connectivity index is 1.64. The largest absolute Gasteiger partial charge is 0.372 e. The van der Waals surface area contributed by atoms with Crippen LogP contribution in [0.1, 0.15) is 53.7 Å². The van der Waals surface area contributed by atoms with Crippen molar-refractivity contribution in [3.05, 3.63) is 45.9 Å². The van der Waals surface area contributed by atoms with E-state index in [2.05, 4.69) is 41.2 Å². The number of rotatable bonds is 5. The predicted molar refractivity (Wildman–Crippen MR) is 99.9 cm³/mol. The van der Waals surface area contributed by atoms with Crippen LogP contribution in [0.5, 0.6) is 0 Å². The van der Waals surface area contributed by atoms with Crippen LogP contribution in [0, 0.1) is 0 Å². The van der Waals surface area contributed by atoms with E-state index in [-0.39, 0.29) is 5.91 Å². The third-order valence-electron chi connectivity index (χ3n) is 4.39. The van der Waals surface area contributed by atoms with Gasteiger partial charge in [0.25, 0.3) is 5.91 Å². The fraction of sp³-hybridized carbons (Fsp3) is 0.474. The van der Waals surface area contributed by atoms with Gasteiger partial charge in [-0.3, -0.25) is 4.79 Å². The quantitative estimate of drug-likeness (QED) is 0.819. The van der Waals surface area contributed by atoms with Gasteiger partial charge < -0.3 is 9.80 Å². The van der Waals surface area contributed by atoms with Crippen molar-refractivity contribution < 1.29 is 4.79 Å². The second kappa shape index (κ2) is 7.34. The summed E-state index contributed by atoms with van der Waals surface area (Å²) in [7, 11) is 1.84. The van der Waals surface area contributed by atoms with Gasteiger partial charge in [0, 0.05) is 42.7 Å². The highest BCUT2D eigenvalue weighted by molar-refractivity contribution is 7.09. The number of hydrogen-bond donors (Lipinski definition) is 0. The molecule has 1 aromatic heterocycles. The lowest BCUT2D eigenvalue weighted by Crippen LogP contribution is -2.26. The second-order valence-corrected chi connectivity index (χ2v) is 7.62. The summed E-state index contributed by atoms with van der Waals surface area (Å²) in [6, 6.07) is 8.00. The molecule has 1 fully saturated rings. The Labute approximate surface area is 148 Å². The van der Waals surface area contributed by atoms with Gasteiger partial charge in [-0.1, -0.05) is 13.8 Å². The summed E-state index contributed by atoms with van der Waals surface area (Å²) < 4.78 is 0. The van der Waals surface area contributed by atoms with Gasteiger partial charge in [0.05, 0.1) is 17.2 Å². The lowest BCUT2D eigenvalue weighted by atomic mass is 10.1. The van der Waals surface area contributed by atoms with Gasteiger partial charge >= 0.3 is 0 Å². The normalized spacial score (nSPS) is 14.4. The Bertz CT molecular complexity index is 687. The summed E-state index contributed by atoms with van der Waals surface area (Å²) in [6.45, 7) is 7.07. The van der Waals surface area contributed by atoms with Gasteiger partial charge in [-0.2, -0.15) is 0 Å². The first kappa shape index (κ1) is 17.0. The number of amides is 1. The Morgan fingerprint density at radius 3 is 2.50 bits per heavy atom. The summed E-state index contributed by atoms with van der Waals surface area (Å²) in [5, 5.41) is 3.18. The maximum Gasteiger partial charge on any atom is 0.253 e. The van der Waals surface area contributed by atoms with Gasteiger partial charge in [-0.05, 0) is 37.1 Å².